The van der Waals surface area contributed by atoms with Crippen molar-refractivity contribution >= 4 is 23.6 Å². The summed E-state index contributed by atoms with van der Waals surface area (Å²) in [7, 11) is 3.40. The number of nitrogens with zero attached hydrogens (tertiary/aromatic N) is 5. The molecule has 1 unspecified atom stereocenters. The molecule has 1 atom stereocenters. The summed E-state index contributed by atoms with van der Waals surface area (Å²) in [5.74, 6) is 0.959. The van der Waals surface area contributed by atoms with Gasteiger partial charge in [-0.2, -0.15) is 5.26 Å². The van der Waals surface area contributed by atoms with Crippen LogP contribution in [0, 0.1) is 11.3 Å². The standard InChI is InChI=1S/C12H16N5O2.H2O/c1-4-8-14-10-9(15(8)2)11(18)17(7-5-6-13)12(19)16(10)3;/h9H,4-5,7H2,1-3H3;1H2/q+1;. The molecule has 1 saturated heterocycles. The lowest BCUT2D eigenvalue weighted by Gasteiger charge is -2.32. The van der Waals surface area contributed by atoms with Gasteiger partial charge in [-0.05, 0) is 4.99 Å². The molecule has 8 nitrogen and oxygen atoms in total. The second-order valence-electron chi connectivity index (χ2n) is 4.49. The highest BCUT2D eigenvalue weighted by Crippen LogP contribution is 2.19. The van der Waals surface area contributed by atoms with Gasteiger partial charge >= 0.3 is 6.03 Å². The topological polar surface area (TPSA) is 111 Å². The third-order valence-electron chi connectivity index (χ3n) is 3.41. The van der Waals surface area contributed by atoms with Crippen molar-refractivity contribution < 1.29 is 19.6 Å². The molecule has 1 fully saturated rings. The van der Waals surface area contributed by atoms with Crippen molar-refractivity contribution in [3.63, 3.8) is 0 Å². The summed E-state index contributed by atoms with van der Waals surface area (Å²) in [6.45, 7) is 2.07. The van der Waals surface area contributed by atoms with E-state index in [9.17, 15) is 9.59 Å². The van der Waals surface area contributed by atoms with Gasteiger partial charge in [-0.25, -0.2) is 9.37 Å². The summed E-state index contributed by atoms with van der Waals surface area (Å²) in [5.41, 5.74) is 0. The van der Waals surface area contributed by atoms with E-state index in [-0.39, 0.29) is 24.3 Å². The van der Waals surface area contributed by atoms with E-state index in [0.717, 1.165) is 10.7 Å². The van der Waals surface area contributed by atoms with Gasteiger partial charge in [0.1, 0.15) is 0 Å². The number of rotatable bonds is 3. The first kappa shape index (κ1) is 15.8. The zero-order valence-electron chi connectivity index (χ0n) is 11.8. The average molecular weight is 280 g/mol. The van der Waals surface area contributed by atoms with Gasteiger partial charge in [-0.15, -0.1) is 0 Å². The highest BCUT2D eigenvalue weighted by molar-refractivity contribution is 6.22. The molecular weight excluding hydrogens is 262 g/mol. The first-order valence-electron chi connectivity index (χ1n) is 6.16. The van der Waals surface area contributed by atoms with Crippen molar-refractivity contribution in [3.8, 4) is 6.07 Å². The van der Waals surface area contributed by atoms with E-state index in [1.54, 1.807) is 18.7 Å². The van der Waals surface area contributed by atoms with Crippen LogP contribution in [-0.2, 0) is 4.79 Å². The van der Waals surface area contributed by atoms with Crippen molar-refractivity contribution in [3.05, 3.63) is 0 Å². The smallest absolute Gasteiger partial charge is 0.333 e. The molecular formula is C12H18N5O3+. The molecule has 0 bridgehead atoms. The molecule has 2 heterocycles. The minimum atomic E-state index is -0.545. The molecule has 108 valence electrons. The van der Waals surface area contributed by atoms with E-state index in [1.807, 2.05) is 13.0 Å². The molecule has 0 aromatic heterocycles. The number of likely N-dealkylation sites (N-methyl/N-ethyl adjacent to an activating group) is 2. The predicted octanol–water partition coefficient (Wildman–Crippen LogP) is -0.799. The second kappa shape index (κ2) is 5.79. The van der Waals surface area contributed by atoms with Crippen LogP contribution in [0.15, 0.2) is 4.99 Å². The summed E-state index contributed by atoms with van der Waals surface area (Å²) >= 11 is 0. The number of imide groups is 1. The van der Waals surface area contributed by atoms with Gasteiger partial charge in [0, 0.05) is 13.6 Å². The van der Waals surface area contributed by atoms with Crippen LogP contribution in [0.3, 0.4) is 0 Å². The SMILES string of the molecule is CCC1=[N+](C)C2C(=O)N(CCC#N)C(=O)N(C)C2=N1.O. The average Bonchev–Trinajstić information content (AvgIpc) is 2.73. The molecule has 2 N–H and O–H groups in total. The Morgan fingerprint density at radius 3 is 2.65 bits per heavy atom. The lowest BCUT2D eigenvalue weighted by atomic mass is 10.1. The molecule has 20 heavy (non-hydrogen) atoms. The fourth-order valence-electron chi connectivity index (χ4n) is 2.35. The Kier molecular flexibility index (Phi) is 4.57. The minimum Gasteiger partial charge on any atom is -0.412 e. The highest BCUT2D eigenvalue weighted by atomic mass is 16.2. The fraction of sp³-hybridized carbons (Fsp3) is 0.583. The normalized spacial score (nSPS) is 21.5. The van der Waals surface area contributed by atoms with Crippen LogP contribution < -0.4 is 0 Å². The largest absolute Gasteiger partial charge is 0.412 e. The molecule has 0 spiro atoms. The zero-order chi connectivity index (χ0) is 14.2. The maximum Gasteiger partial charge on any atom is 0.333 e. The second-order valence-corrected chi connectivity index (χ2v) is 4.49. The van der Waals surface area contributed by atoms with E-state index in [0.29, 0.717) is 12.3 Å². The van der Waals surface area contributed by atoms with Gasteiger partial charge in [0.05, 0.1) is 26.0 Å². The number of fused-ring (bicyclic) bond motifs is 1. The number of carbonyl (C=O) groups excluding carboxylic acids is 2. The van der Waals surface area contributed by atoms with Gasteiger partial charge in [0.25, 0.3) is 23.6 Å². The van der Waals surface area contributed by atoms with Crippen molar-refractivity contribution in [2.75, 3.05) is 20.6 Å². The first-order valence-corrected chi connectivity index (χ1v) is 6.16. The van der Waals surface area contributed by atoms with Crippen LogP contribution >= 0.6 is 0 Å². The van der Waals surface area contributed by atoms with E-state index >= 15 is 0 Å². The van der Waals surface area contributed by atoms with Crippen LogP contribution in [0.25, 0.3) is 0 Å². The molecule has 0 radical (unpaired) electrons. The Hall–Kier alpha value is -2.27. The van der Waals surface area contributed by atoms with E-state index < -0.39 is 12.1 Å². The Morgan fingerprint density at radius 1 is 1.45 bits per heavy atom. The lowest BCUT2D eigenvalue weighted by molar-refractivity contribution is -0.506. The Morgan fingerprint density at radius 2 is 2.10 bits per heavy atom. The van der Waals surface area contributed by atoms with E-state index in [1.165, 1.54) is 4.90 Å². The summed E-state index contributed by atoms with van der Waals surface area (Å²) in [6.07, 6.45) is 0.836. The van der Waals surface area contributed by atoms with Crippen molar-refractivity contribution in [2.45, 2.75) is 25.8 Å². The van der Waals surface area contributed by atoms with E-state index in [2.05, 4.69) is 4.99 Å². The lowest BCUT2D eigenvalue weighted by Crippen LogP contribution is -2.62. The van der Waals surface area contributed by atoms with Crippen LogP contribution in [0.4, 0.5) is 4.79 Å². The summed E-state index contributed by atoms with van der Waals surface area (Å²) in [6, 6.07) is 0.987. The van der Waals surface area contributed by atoms with Crippen LogP contribution in [0.1, 0.15) is 19.8 Å². The molecule has 3 amide bonds. The molecule has 0 aromatic rings. The number of hydrogen-bond acceptors (Lipinski definition) is 4. The van der Waals surface area contributed by atoms with Crippen LogP contribution in [0.5, 0.6) is 0 Å². The van der Waals surface area contributed by atoms with Gasteiger partial charge < -0.3 is 5.48 Å². The zero-order valence-corrected chi connectivity index (χ0v) is 11.8. The number of urea groups is 1. The molecule has 2 aliphatic heterocycles. The Labute approximate surface area is 116 Å². The third kappa shape index (κ3) is 2.16. The molecule has 2 rings (SSSR count). The third-order valence-corrected chi connectivity index (χ3v) is 3.41. The summed E-state index contributed by atoms with van der Waals surface area (Å²) in [4.78, 5) is 31.3. The maximum absolute atomic E-state index is 12.4. The Bertz CT molecular complexity index is 546. The predicted molar refractivity (Wildman–Crippen MR) is 71.4 cm³/mol. The van der Waals surface area contributed by atoms with Crippen molar-refractivity contribution in [1.82, 2.24) is 9.80 Å². The molecule has 8 heteroatoms. The van der Waals surface area contributed by atoms with Crippen molar-refractivity contribution in [1.29, 1.82) is 5.26 Å². The van der Waals surface area contributed by atoms with Crippen molar-refractivity contribution in [2.24, 2.45) is 4.99 Å². The number of hydrogen-bond donors (Lipinski definition) is 0. The van der Waals surface area contributed by atoms with Gasteiger partial charge in [-0.3, -0.25) is 14.6 Å². The number of carbonyl (C=O) groups is 2. The van der Waals surface area contributed by atoms with Crippen LogP contribution in [-0.4, -0.2) is 70.1 Å². The number of nitriles is 1. The van der Waals surface area contributed by atoms with Gasteiger partial charge in [-0.1, -0.05) is 6.92 Å². The number of amides is 3. The fourth-order valence-corrected chi connectivity index (χ4v) is 2.35. The summed E-state index contributed by atoms with van der Waals surface area (Å²) in [5, 5.41) is 8.60. The Balaban J connectivity index is 0.00000200. The number of aliphatic imine (C=N–C) groups is 1. The van der Waals surface area contributed by atoms with Gasteiger partial charge in [0.15, 0.2) is 0 Å². The quantitative estimate of drug-likeness (QED) is 0.631. The maximum atomic E-state index is 12.4. The van der Waals surface area contributed by atoms with E-state index in [4.69, 9.17) is 5.26 Å². The summed E-state index contributed by atoms with van der Waals surface area (Å²) < 4.78 is 1.79. The van der Waals surface area contributed by atoms with Gasteiger partial charge in [0.2, 0.25) is 0 Å². The first-order chi connectivity index (χ1) is 9.02. The number of amidine groups is 2. The molecule has 2 aliphatic rings. The highest BCUT2D eigenvalue weighted by Gasteiger charge is 2.52. The molecule has 0 aliphatic carbocycles. The monoisotopic (exact) mass is 280 g/mol. The van der Waals surface area contributed by atoms with Crippen LogP contribution in [0.2, 0.25) is 0 Å². The minimum absolute atomic E-state index is 0. The molecule has 0 saturated carbocycles. The molecule has 0 aromatic carbocycles.